The molecule has 2 aromatic rings. The smallest absolute Gasteiger partial charge is 0.260 e. The molecule has 0 bridgehead atoms. The zero-order valence-corrected chi connectivity index (χ0v) is 16.2. The summed E-state index contributed by atoms with van der Waals surface area (Å²) in [6.07, 6.45) is 6.42. The molecule has 0 atom stereocenters. The van der Waals surface area contributed by atoms with Crippen LogP contribution >= 0.6 is 0 Å². The molecular weight excluding hydrogens is 312 g/mol. The minimum Gasteiger partial charge on any atom is -0.494 e. The average molecular weight is 342 g/mol. The van der Waals surface area contributed by atoms with Crippen molar-refractivity contribution < 1.29 is 9.90 Å². The molecule has 1 N–H and O–H groups in total. The summed E-state index contributed by atoms with van der Waals surface area (Å²) in [4.78, 5) is 12.6. The Morgan fingerprint density at radius 3 is 1.84 bits per heavy atom. The standard InChI is InChI=1S/C21H30N2O2/c1-20(2,3)14-16-9-7-11-22(16)18(24)13-19(25)23-12-8-10-17(23)15-21(4,5)6/h7-13,24H,14-15H2,1-6H3/b18-13-. The first-order chi connectivity index (χ1) is 11.5. The molecule has 0 unspecified atom stereocenters. The molecule has 0 aliphatic rings. The topological polar surface area (TPSA) is 47.2 Å². The maximum absolute atomic E-state index is 12.6. The van der Waals surface area contributed by atoms with Crippen molar-refractivity contribution in [1.29, 1.82) is 0 Å². The Bertz CT molecular complexity index is 764. The average Bonchev–Trinajstić information content (AvgIpc) is 3.04. The molecule has 0 aromatic carbocycles. The van der Waals surface area contributed by atoms with Crippen molar-refractivity contribution in [3.05, 3.63) is 54.1 Å². The summed E-state index contributed by atoms with van der Waals surface area (Å²) in [7, 11) is 0. The highest BCUT2D eigenvalue weighted by Crippen LogP contribution is 2.23. The lowest BCUT2D eigenvalue weighted by molar-refractivity contribution is 0.0963. The Morgan fingerprint density at radius 2 is 1.36 bits per heavy atom. The number of hydrogen-bond acceptors (Lipinski definition) is 2. The zero-order chi connectivity index (χ0) is 18.8. The molecule has 0 saturated carbocycles. The van der Waals surface area contributed by atoms with Crippen LogP contribution in [0.4, 0.5) is 0 Å². The fraction of sp³-hybridized carbons (Fsp3) is 0.476. The second kappa shape index (κ2) is 6.95. The van der Waals surface area contributed by atoms with Crippen molar-refractivity contribution in [2.75, 3.05) is 0 Å². The first kappa shape index (κ1) is 19.1. The molecule has 25 heavy (non-hydrogen) atoms. The lowest BCUT2D eigenvalue weighted by Crippen LogP contribution is -2.17. The van der Waals surface area contributed by atoms with Crippen LogP contribution in [0.1, 0.15) is 57.7 Å². The Labute approximate surface area is 150 Å². The Hall–Kier alpha value is -2.23. The lowest BCUT2D eigenvalue weighted by Gasteiger charge is -2.20. The molecular formula is C21H30N2O2. The number of hydrogen-bond donors (Lipinski definition) is 1. The minimum atomic E-state index is -0.239. The van der Waals surface area contributed by atoms with E-state index >= 15 is 0 Å². The van der Waals surface area contributed by atoms with E-state index in [-0.39, 0.29) is 22.6 Å². The summed E-state index contributed by atoms with van der Waals surface area (Å²) >= 11 is 0. The van der Waals surface area contributed by atoms with Gasteiger partial charge in [-0.1, -0.05) is 41.5 Å². The number of aromatic nitrogens is 2. The van der Waals surface area contributed by atoms with E-state index in [2.05, 4.69) is 41.5 Å². The number of carbonyl (C=O) groups is 1. The monoisotopic (exact) mass is 342 g/mol. The van der Waals surface area contributed by atoms with Crippen LogP contribution in [-0.2, 0) is 12.8 Å². The Kier molecular flexibility index (Phi) is 5.31. The van der Waals surface area contributed by atoms with Gasteiger partial charge in [-0.15, -0.1) is 0 Å². The van der Waals surface area contributed by atoms with Crippen LogP contribution in [0.2, 0.25) is 0 Å². The molecule has 0 aliphatic heterocycles. The van der Waals surface area contributed by atoms with Gasteiger partial charge in [-0.25, -0.2) is 0 Å². The number of aliphatic hydroxyl groups excluding tert-OH is 1. The van der Waals surface area contributed by atoms with Gasteiger partial charge in [0.1, 0.15) is 0 Å². The first-order valence-corrected chi connectivity index (χ1v) is 8.74. The van der Waals surface area contributed by atoms with E-state index in [1.165, 1.54) is 6.08 Å². The van der Waals surface area contributed by atoms with Gasteiger partial charge < -0.3 is 5.11 Å². The Morgan fingerprint density at radius 1 is 0.920 bits per heavy atom. The molecule has 0 spiro atoms. The van der Waals surface area contributed by atoms with Gasteiger partial charge in [0.2, 0.25) is 5.88 Å². The van der Waals surface area contributed by atoms with E-state index in [0.717, 1.165) is 24.2 Å². The van der Waals surface area contributed by atoms with Crippen molar-refractivity contribution >= 4 is 11.8 Å². The molecule has 0 radical (unpaired) electrons. The van der Waals surface area contributed by atoms with Crippen molar-refractivity contribution in [1.82, 2.24) is 9.13 Å². The fourth-order valence-electron chi connectivity index (χ4n) is 2.90. The fourth-order valence-corrected chi connectivity index (χ4v) is 2.90. The maximum Gasteiger partial charge on any atom is 0.260 e. The molecule has 2 aromatic heterocycles. The van der Waals surface area contributed by atoms with Crippen molar-refractivity contribution in [2.45, 2.75) is 54.4 Å². The first-order valence-electron chi connectivity index (χ1n) is 8.74. The molecule has 2 rings (SSSR count). The van der Waals surface area contributed by atoms with Gasteiger partial charge in [0.15, 0.2) is 0 Å². The number of allylic oxidation sites excluding steroid dienone is 1. The molecule has 136 valence electrons. The van der Waals surface area contributed by atoms with Crippen LogP contribution in [0, 0.1) is 10.8 Å². The summed E-state index contributed by atoms with van der Waals surface area (Å²) in [6.45, 7) is 12.9. The molecule has 4 nitrogen and oxygen atoms in total. The second-order valence-electron chi connectivity index (χ2n) is 9.05. The van der Waals surface area contributed by atoms with Crippen LogP contribution in [0.15, 0.2) is 42.7 Å². The predicted molar refractivity (Wildman–Crippen MR) is 103 cm³/mol. The highest BCUT2D eigenvalue weighted by atomic mass is 16.3. The maximum atomic E-state index is 12.6. The molecule has 0 fully saturated rings. The van der Waals surface area contributed by atoms with Gasteiger partial charge in [-0.05, 0) is 47.9 Å². The van der Waals surface area contributed by atoms with Crippen LogP contribution in [0.3, 0.4) is 0 Å². The van der Waals surface area contributed by atoms with Crippen LogP contribution in [0.5, 0.6) is 0 Å². The SMILES string of the molecule is CC(C)(C)Cc1cccn1C(=O)/C=C(\O)n1cccc1CC(C)(C)C. The molecule has 2 heterocycles. The van der Waals surface area contributed by atoms with E-state index in [9.17, 15) is 9.90 Å². The third-order valence-electron chi connectivity index (χ3n) is 3.83. The lowest BCUT2D eigenvalue weighted by atomic mass is 9.90. The quantitative estimate of drug-likeness (QED) is 0.616. The van der Waals surface area contributed by atoms with Crippen LogP contribution in [0.25, 0.3) is 5.88 Å². The molecule has 0 aliphatic carbocycles. The molecule has 0 amide bonds. The van der Waals surface area contributed by atoms with E-state index in [4.69, 9.17) is 0 Å². The summed E-state index contributed by atoms with van der Waals surface area (Å²) in [5.41, 5.74) is 2.11. The number of nitrogens with zero attached hydrogens (tertiary/aromatic N) is 2. The normalized spacial score (nSPS) is 13.3. The van der Waals surface area contributed by atoms with E-state index in [1.807, 2.05) is 24.3 Å². The van der Waals surface area contributed by atoms with Crippen LogP contribution in [-0.4, -0.2) is 20.1 Å². The number of carbonyl (C=O) groups excluding carboxylic acids is 1. The summed E-state index contributed by atoms with van der Waals surface area (Å²) in [6, 6.07) is 7.68. The van der Waals surface area contributed by atoms with E-state index in [0.29, 0.717) is 0 Å². The molecule has 0 saturated heterocycles. The largest absolute Gasteiger partial charge is 0.494 e. The summed E-state index contributed by atoms with van der Waals surface area (Å²) in [5.74, 6) is -0.290. The van der Waals surface area contributed by atoms with Gasteiger partial charge >= 0.3 is 0 Å². The van der Waals surface area contributed by atoms with Gasteiger partial charge in [0, 0.05) is 23.8 Å². The van der Waals surface area contributed by atoms with Gasteiger partial charge in [-0.2, -0.15) is 0 Å². The Balaban J connectivity index is 2.26. The summed E-state index contributed by atoms with van der Waals surface area (Å²) < 4.78 is 3.28. The highest BCUT2D eigenvalue weighted by molar-refractivity contribution is 5.94. The van der Waals surface area contributed by atoms with Gasteiger partial charge in [-0.3, -0.25) is 13.9 Å². The van der Waals surface area contributed by atoms with Crippen molar-refractivity contribution in [3.63, 3.8) is 0 Å². The zero-order valence-electron chi connectivity index (χ0n) is 16.2. The van der Waals surface area contributed by atoms with Gasteiger partial charge in [0.25, 0.3) is 5.91 Å². The van der Waals surface area contributed by atoms with Crippen molar-refractivity contribution in [2.24, 2.45) is 10.8 Å². The number of rotatable bonds is 4. The van der Waals surface area contributed by atoms with Gasteiger partial charge in [0.05, 0.1) is 6.08 Å². The second-order valence-corrected chi connectivity index (χ2v) is 9.05. The number of aliphatic hydroxyl groups is 1. The summed E-state index contributed by atoms with van der Waals surface area (Å²) in [5, 5.41) is 10.5. The highest BCUT2D eigenvalue weighted by Gasteiger charge is 2.18. The van der Waals surface area contributed by atoms with Crippen molar-refractivity contribution in [3.8, 4) is 0 Å². The molecule has 4 heteroatoms. The van der Waals surface area contributed by atoms with E-state index < -0.39 is 0 Å². The third kappa shape index (κ3) is 5.38. The minimum absolute atomic E-state index is 0.0512. The van der Waals surface area contributed by atoms with Crippen LogP contribution < -0.4 is 0 Å². The third-order valence-corrected chi connectivity index (χ3v) is 3.83. The van der Waals surface area contributed by atoms with E-state index in [1.54, 1.807) is 21.5 Å². The predicted octanol–water partition coefficient (Wildman–Crippen LogP) is 5.16.